The number of carbonyl (C=O) groups excluding carboxylic acids is 1. The normalized spacial score (nSPS) is 21.0. The van der Waals surface area contributed by atoms with Crippen molar-refractivity contribution in [2.45, 2.75) is 269 Å². The molecule has 342 valence electrons. The lowest BCUT2D eigenvalue weighted by molar-refractivity contribution is -0.302. The summed E-state index contributed by atoms with van der Waals surface area (Å²) in [5.74, 6) is -0.177. The average molecular weight is 824 g/mol. The maximum Gasteiger partial charge on any atom is 0.220 e. The van der Waals surface area contributed by atoms with E-state index in [9.17, 15) is 30.3 Å². The minimum absolute atomic E-state index is 0.177. The summed E-state index contributed by atoms with van der Waals surface area (Å²) in [4.78, 5) is 12.9. The molecule has 1 aliphatic rings. The Morgan fingerprint density at radius 2 is 0.966 bits per heavy atom. The van der Waals surface area contributed by atoms with Crippen LogP contribution < -0.4 is 5.32 Å². The van der Waals surface area contributed by atoms with E-state index in [0.717, 1.165) is 38.5 Å². The molecule has 0 bridgehead atoms. The highest BCUT2D eigenvalue weighted by Gasteiger charge is 2.44. The first-order valence-electron chi connectivity index (χ1n) is 24.6. The minimum atomic E-state index is -1.56. The van der Waals surface area contributed by atoms with Gasteiger partial charge < -0.3 is 40.3 Å². The number of hydrogen-bond acceptors (Lipinski definition) is 8. The predicted molar refractivity (Wildman–Crippen MR) is 240 cm³/mol. The molecule has 0 saturated carbocycles. The summed E-state index contributed by atoms with van der Waals surface area (Å²) < 4.78 is 11.2. The molecule has 1 fully saturated rings. The van der Waals surface area contributed by atoms with Gasteiger partial charge in [0.2, 0.25) is 5.91 Å². The summed E-state index contributed by atoms with van der Waals surface area (Å²) >= 11 is 0. The molecule has 1 rings (SSSR count). The molecular weight excluding hydrogens is 731 g/mol. The average Bonchev–Trinajstić information content (AvgIpc) is 3.22. The Morgan fingerprint density at radius 1 is 0.569 bits per heavy atom. The molecule has 0 aliphatic carbocycles. The van der Waals surface area contributed by atoms with Crippen LogP contribution in [-0.2, 0) is 14.3 Å². The third-order valence-electron chi connectivity index (χ3n) is 11.8. The molecule has 0 radical (unpaired) electrons. The van der Waals surface area contributed by atoms with E-state index in [4.69, 9.17) is 9.47 Å². The minimum Gasteiger partial charge on any atom is -0.394 e. The highest BCUT2D eigenvalue weighted by molar-refractivity contribution is 5.76. The van der Waals surface area contributed by atoms with E-state index in [1.54, 1.807) is 6.08 Å². The monoisotopic (exact) mass is 824 g/mol. The van der Waals surface area contributed by atoms with E-state index in [2.05, 4.69) is 31.3 Å². The molecular formula is C49H93NO8. The second-order valence-corrected chi connectivity index (χ2v) is 17.3. The van der Waals surface area contributed by atoms with Gasteiger partial charge in [0, 0.05) is 6.42 Å². The molecule has 0 aromatic rings. The lowest BCUT2D eigenvalue weighted by Gasteiger charge is -2.40. The van der Waals surface area contributed by atoms with Crippen LogP contribution in [-0.4, -0.2) is 87.5 Å². The Balaban J connectivity index is 2.20. The summed E-state index contributed by atoms with van der Waals surface area (Å²) in [5, 5.41) is 54.1. The van der Waals surface area contributed by atoms with Crippen LogP contribution in [0.1, 0.15) is 226 Å². The zero-order valence-electron chi connectivity index (χ0n) is 37.6. The molecule has 0 aromatic carbocycles. The molecule has 1 aliphatic heterocycles. The molecule has 0 spiro atoms. The largest absolute Gasteiger partial charge is 0.394 e. The van der Waals surface area contributed by atoms with Crippen molar-refractivity contribution >= 4 is 5.91 Å². The Bertz CT molecular complexity index is 961. The van der Waals surface area contributed by atoms with Gasteiger partial charge in [-0.05, 0) is 44.9 Å². The van der Waals surface area contributed by atoms with Gasteiger partial charge in [-0.3, -0.25) is 4.79 Å². The maximum atomic E-state index is 12.9. The molecule has 1 heterocycles. The van der Waals surface area contributed by atoms with Crippen molar-refractivity contribution in [2.24, 2.45) is 0 Å². The molecule has 0 aromatic heterocycles. The summed E-state index contributed by atoms with van der Waals surface area (Å²) in [6.45, 7) is 3.76. The molecule has 1 saturated heterocycles. The number of ether oxygens (including phenoxy) is 2. The summed E-state index contributed by atoms with van der Waals surface area (Å²) in [6.07, 6.45) is 41.0. The smallest absolute Gasteiger partial charge is 0.220 e. The van der Waals surface area contributed by atoms with Crippen molar-refractivity contribution < 1.29 is 39.8 Å². The van der Waals surface area contributed by atoms with Gasteiger partial charge in [-0.15, -0.1) is 0 Å². The third-order valence-corrected chi connectivity index (χ3v) is 11.8. The van der Waals surface area contributed by atoms with Crippen molar-refractivity contribution in [3.8, 4) is 0 Å². The van der Waals surface area contributed by atoms with Crippen molar-refractivity contribution in [3.63, 3.8) is 0 Å². The number of nitrogens with one attached hydrogen (secondary N) is 1. The number of aliphatic hydroxyl groups is 5. The van der Waals surface area contributed by atoms with E-state index < -0.39 is 49.5 Å². The molecule has 9 nitrogen and oxygen atoms in total. The van der Waals surface area contributed by atoms with Crippen LogP contribution in [0.5, 0.6) is 0 Å². The SMILES string of the molecule is CCCCCCCCCC/C=C\CCCCCCCCCCCCCCCC(=O)NC(COC1OC(CO)C(O)C(O)C1O)C(O)/C=C/CCCCCCCCCC. The summed E-state index contributed by atoms with van der Waals surface area (Å²) in [6, 6.07) is -0.800. The van der Waals surface area contributed by atoms with E-state index in [1.165, 1.54) is 167 Å². The van der Waals surface area contributed by atoms with Crippen molar-refractivity contribution in [1.82, 2.24) is 5.32 Å². The first-order valence-corrected chi connectivity index (χ1v) is 24.6. The van der Waals surface area contributed by atoms with Crippen molar-refractivity contribution in [3.05, 3.63) is 24.3 Å². The van der Waals surface area contributed by atoms with Crippen LogP contribution in [0.2, 0.25) is 0 Å². The van der Waals surface area contributed by atoms with Crippen LogP contribution in [0.15, 0.2) is 24.3 Å². The van der Waals surface area contributed by atoms with Crippen LogP contribution in [0.3, 0.4) is 0 Å². The number of rotatable bonds is 41. The zero-order chi connectivity index (χ0) is 42.3. The van der Waals surface area contributed by atoms with Gasteiger partial charge in [-0.2, -0.15) is 0 Å². The molecule has 7 unspecified atom stereocenters. The van der Waals surface area contributed by atoms with E-state index in [0.29, 0.717) is 6.42 Å². The second kappa shape index (κ2) is 39.8. The number of aliphatic hydroxyl groups excluding tert-OH is 5. The fourth-order valence-electron chi connectivity index (χ4n) is 7.80. The number of unbranched alkanes of at least 4 members (excludes halogenated alkanes) is 29. The van der Waals surface area contributed by atoms with E-state index in [1.807, 2.05) is 6.08 Å². The zero-order valence-corrected chi connectivity index (χ0v) is 37.6. The second-order valence-electron chi connectivity index (χ2n) is 17.3. The number of allylic oxidation sites excluding steroid dienone is 3. The molecule has 7 atom stereocenters. The van der Waals surface area contributed by atoms with Gasteiger partial charge in [-0.25, -0.2) is 0 Å². The standard InChI is InChI=1S/C49H93NO8/c1-3-5-7-9-11-13-15-16-17-18-19-20-21-22-23-24-25-26-27-28-29-31-33-35-37-39-45(53)50-42(41-57-49-48(56)47(55)46(54)44(40-51)58-49)43(52)38-36-34-32-30-14-12-10-8-6-4-2/h18-19,36,38,42-44,46-49,51-52,54-56H,3-17,20-35,37,39-41H2,1-2H3,(H,50,53)/b19-18-,38-36+. The molecule has 9 heteroatoms. The first-order chi connectivity index (χ1) is 28.3. The summed E-state index contributed by atoms with van der Waals surface area (Å²) in [5.41, 5.74) is 0. The number of carbonyl (C=O) groups is 1. The van der Waals surface area contributed by atoms with Crippen molar-refractivity contribution in [2.75, 3.05) is 13.2 Å². The third kappa shape index (κ3) is 29.8. The van der Waals surface area contributed by atoms with Gasteiger partial charge in [0.1, 0.15) is 24.4 Å². The van der Waals surface area contributed by atoms with Gasteiger partial charge in [0.05, 0.1) is 25.4 Å². The van der Waals surface area contributed by atoms with Gasteiger partial charge in [-0.1, -0.05) is 199 Å². The fourth-order valence-corrected chi connectivity index (χ4v) is 7.80. The maximum absolute atomic E-state index is 12.9. The molecule has 58 heavy (non-hydrogen) atoms. The highest BCUT2D eigenvalue weighted by atomic mass is 16.7. The number of amides is 1. The van der Waals surface area contributed by atoms with Gasteiger partial charge in [0.15, 0.2) is 6.29 Å². The van der Waals surface area contributed by atoms with Crippen LogP contribution in [0.4, 0.5) is 0 Å². The van der Waals surface area contributed by atoms with E-state index >= 15 is 0 Å². The lowest BCUT2D eigenvalue weighted by Crippen LogP contribution is -2.60. The fraction of sp³-hybridized carbons (Fsp3) is 0.898. The Hall–Kier alpha value is -1.33. The predicted octanol–water partition coefficient (Wildman–Crippen LogP) is 10.7. The molecule has 6 N–H and O–H groups in total. The quantitative estimate of drug-likeness (QED) is 0.0264. The Labute approximate surface area is 356 Å². The Kier molecular flexibility index (Phi) is 37.5. The first kappa shape index (κ1) is 54.7. The van der Waals surface area contributed by atoms with Gasteiger partial charge >= 0.3 is 0 Å². The van der Waals surface area contributed by atoms with Crippen LogP contribution in [0, 0.1) is 0 Å². The topological polar surface area (TPSA) is 149 Å². The van der Waals surface area contributed by atoms with Crippen LogP contribution in [0.25, 0.3) is 0 Å². The van der Waals surface area contributed by atoms with Gasteiger partial charge in [0.25, 0.3) is 0 Å². The molecule has 1 amide bonds. The van der Waals surface area contributed by atoms with E-state index in [-0.39, 0.29) is 12.5 Å². The highest BCUT2D eigenvalue weighted by Crippen LogP contribution is 2.23. The van der Waals surface area contributed by atoms with Crippen LogP contribution >= 0.6 is 0 Å². The number of hydrogen-bond donors (Lipinski definition) is 6. The van der Waals surface area contributed by atoms with Crippen molar-refractivity contribution in [1.29, 1.82) is 0 Å². The summed E-state index contributed by atoms with van der Waals surface area (Å²) in [7, 11) is 0. The lowest BCUT2D eigenvalue weighted by atomic mass is 9.99. The Morgan fingerprint density at radius 3 is 1.40 bits per heavy atom.